The standard InChI is InChI=1S/C24H27N3O2/c28-24(26-29)12-11-18-5-7-19(8-6-18)16-27(17-20-9-10-20)14-13-21-15-25-23-4-2-1-3-22(21)23/h1-8,11-12,15,20,25,29H,9-10,13-14,16-17H2,(H,26,28)/b12-11+. The molecule has 1 aliphatic carbocycles. The van der Waals surface area contributed by atoms with E-state index in [1.54, 1.807) is 11.6 Å². The molecule has 3 aromatic rings. The van der Waals surface area contributed by atoms with Crippen molar-refractivity contribution in [3.63, 3.8) is 0 Å². The summed E-state index contributed by atoms with van der Waals surface area (Å²) in [6.45, 7) is 3.12. The molecule has 4 rings (SSSR count). The number of hydrogen-bond donors (Lipinski definition) is 3. The third-order valence-electron chi connectivity index (χ3n) is 5.51. The highest BCUT2D eigenvalue weighted by molar-refractivity contribution is 5.90. The van der Waals surface area contributed by atoms with Gasteiger partial charge in [0.25, 0.3) is 5.91 Å². The Labute approximate surface area is 171 Å². The quantitative estimate of drug-likeness (QED) is 0.293. The second kappa shape index (κ2) is 9.07. The van der Waals surface area contributed by atoms with Crippen LogP contribution in [0.3, 0.4) is 0 Å². The highest BCUT2D eigenvalue weighted by atomic mass is 16.5. The molecule has 0 bridgehead atoms. The van der Waals surface area contributed by atoms with Crippen molar-refractivity contribution >= 4 is 22.9 Å². The van der Waals surface area contributed by atoms with Crippen LogP contribution in [0.5, 0.6) is 0 Å². The molecule has 1 amide bonds. The van der Waals surface area contributed by atoms with E-state index in [1.165, 1.54) is 40.9 Å². The molecule has 0 atom stereocenters. The average Bonchev–Trinajstić information content (AvgIpc) is 3.48. The van der Waals surface area contributed by atoms with Gasteiger partial charge in [-0.1, -0.05) is 42.5 Å². The highest BCUT2D eigenvalue weighted by Crippen LogP contribution is 2.30. The number of aromatic amines is 1. The van der Waals surface area contributed by atoms with Crippen LogP contribution in [-0.2, 0) is 17.8 Å². The van der Waals surface area contributed by atoms with Gasteiger partial charge in [-0.25, -0.2) is 5.48 Å². The highest BCUT2D eigenvalue weighted by Gasteiger charge is 2.24. The molecule has 1 aliphatic rings. The maximum absolute atomic E-state index is 11.1. The van der Waals surface area contributed by atoms with E-state index in [-0.39, 0.29) is 0 Å². The molecule has 1 fully saturated rings. The Bertz CT molecular complexity index is 987. The molecule has 1 aromatic heterocycles. The van der Waals surface area contributed by atoms with E-state index in [1.807, 2.05) is 12.1 Å². The van der Waals surface area contributed by atoms with Gasteiger partial charge >= 0.3 is 0 Å². The summed E-state index contributed by atoms with van der Waals surface area (Å²) in [5.41, 5.74) is 6.39. The third kappa shape index (κ3) is 5.34. The number of fused-ring (bicyclic) bond motifs is 1. The van der Waals surface area contributed by atoms with E-state index < -0.39 is 5.91 Å². The monoisotopic (exact) mass is 389 g/mol. The fourth-order valence-electron chi connectivity index (χ4n) is 3.72. The molecule has 0 saturated heterocycles. The number of H-pyrrole nitrogens is 1. The minimum Gasteiger partial charge on any atom is -0.361 e. The lowest BCUT2D eigenvalue weighted by Gasteiger charge is -2.22. The van der Waals surface area contributed by atoms with Crippen LogP contribution >= 0.6 is 0 Å². The van der Waals surface area contributed by atoms with Gasteiger partial charge in [0.2, 0.25) is 0 Å². The Balaban J connectivity index is 1.39. The maximum Gasteiger partial charge on any atom is 0.267 e. The van der Waals surface area contributed by atoms with Crippen LogP contribution in [0.1, 0.15) is 29.5 Å². The van der Waals surface area contributed by atoms with Gasteiger partial charge in [0.15, 0.2) is 0 Å². The molecule has 3 N–H and O–H groups in total. The molecule has 1 saturated carbocycles. The summed E-state index contributed by atoms with van der Waals surface area (Å²) in [5, 5.41) is 9.87. The van der Waals surface area contributed by atoms with Crippen LogP contribution in [0, 0.1) is 5.92 Å². The van der Waals surface area contributed by atoms with E-state index >= 15 is 0 Å². The zero-order valence-corrected chi connectivity index (χ0v) is 16.5. The maximum atomic E-state index is 11.1. The second-order valence-electron chi connectivity index (χ2n) is 7.84. The first-order chi connectivity index (χ1) is 14.2. The Morgan fingerprint density at radius 1 is 1.17 bits per heavy atom. The summed E-state index contributed by atoms with van der Waals surface area (Å²) < 4.78 is 0. The number of amides is 1. The van der Waals surface area contributed by atoms with Crippen molar-refractivity contribution in [3.05, 3.63) is 77.5 Å². The SMILES string of the molecule is O=C(/C=C/c1ccc(CN(CCc2c[nH]c3ccccc23)CC2CC2)cc1)NO. The molecule has 5 heteroatoms. The minimum atomic E-state index is -0.526. The molecule has 0 unspecified atom stereocenters. The summed E-state index contributed by atoms with van der Waals surface area (Å²) >= 11 is 0. The first kappa shape index (κ1) is 19.4. The molecule has 5 nitrogen and oxygen atoms in total. The number of carbonyl (C=O) groups excluding carboxylic acids is 1. The van der Waals surface area contributed by atoms with E-state index in [0.717, 1.165) is 37.5 Å². The molecule has 1 heterocycles. The fourth-order valence-corrected chi connectivity index (χ4v) is 3.72. The van der Waals surface area contributed by atoms with Crippen molar-refractivity contribution in [2.24, 2.45) is 5.92 Å². The first-order valence-corrected chi connectivity index (χ1v) is 10.2. The molecule has 29 heavy (non-hydrogen) atoms. The van der Waals surface area contributed by atoms with Gasteiger partial charge in [-0.05, 0) is 54.0 Å². The van der Waals surface area contributed by atoms with E-state index in [9.17, 15) is 4.79 Å². The average molecular weight is 389 g/mol. The number of nitrogens with one attached hydrogen (secondary N) is 2. The summed E-state index contributed by atoms with van der Waals surface area (Å²) in [7, 11) is 0. The Kier molecular flexibility index (Phi) is 6.08. The van der Waals surface area contributed by atoms with E-state index in [0.29, 0.717) is 0 Å². The number of hydroxylamine groups is 1. The lowest BCUT2D eigenvalue weighted by molar-refractivity contribution is -0.124. The largest absolute Gasteiger partial charge is 0.361 e. The number of aromatic nitrogens is 1. The fraction of sp³-hybridized carbons (Fsp3) is 0.292. The van der Waals surface area contributed by atoms with Gasteiger partial charge in [-0.15, -0.1) is 0 Å². The van der Waals surface area contributed by atoms with Crippen LogP contribution in [0.2, 0.25) is 0 Å². The molecular weight excluding hydrogens is 362 g/mol. The van der Waals surface area contributed by atoms with Gasteiger partial charge in [0.05, 0.1) is 0 Å². The zero-order chi connectivity index (χ0) is 20.1. The lowest BCUT2D eigenvalue weighted by atomic mass is 10.1. The van der Waals surface area contributed by atoms with Gasteiger partial charge < -0.3 is 4.98 Å². The van der Waals surface area contributed by atoms with Crippen molar-refractivity contribution in [1.29, 1.82) is 0 Å². The van der Waals surface area contributed by atoms with E-state index in [2.05, 4.69) is 52.5 Å². The van der Waals surface area contributed by atoms with Crippen LogP contribution < -0.4 is 5.48 Å². The van der Waals surface area contributed by atoms with Crippen LogP contribution in [0.15, 0.2) is 60.8 Å². The van der Waals surface area contributed by atoms with Gasteiger partial charge in [0, 0.05) is 42.8 Å². The van der Waals surface area contributed by atoms with Crippen molar-refractivity contribution in [1.82, 2.24) is 15.4 Å². The Morgan fingerprint density at radius 2 is 1.97 bits per heavy atom. The third-order valence-corrected chi connectivity index (χ3v) is 5.51. The van der Waals surface area contributed by atoms with Crippen LogP contribution in [0.4, 0.5) is 0 Å². The van der Waals surface area contributed by atoms with Crippen molar-refractivity contribution in [2.75, 3.05) is 13.1 Å². The predicted octanol–water partition coefficient (Wildman–Crippen LogP) is 4.14. The minimum absolute atomic E-state index is 0.526. The number of benzene rings is 2. The van der Waals surface area contributed by atoms with Crippen molar-refractivity contribution < 1.29 is 10.0 Å². The summed E-state index contributed by atoms with van der Waals surface area (Å²) in [4.78, 5) is 17.0. The number of rotatable bonds is 9. The molecule has 0 aliphatic heterocycles. The smallest absolute Gasteiger partial charge is 0.267 e. The lowest BCUT2D eigenvalue weighted by Crippen LogP contribution is -2.28. The van der Waals surface area contributed by atoms with E-state index in [4.69, 9.17) is 5.21 Å². The Hall–Kier alpha value is -2.89. The summed E-state index contributed by atoms with van der Waals surface area (Å²) in [6.07, 6.45) is 8.88. The number of nitrogens with zero attached hydrogens (tertiary/aromatic N) is 1. The van der Waals surface area contributed by atoms with Gasteiger partial charge in [-0.2, -0.15) is 0 Å². The summed E-state index contributed by atoms with van der Waals surface area (Å²) in [5.74, 6) is 0.319. The molecule has 0 radical (unpaired) electrons. The molecule has 2 aromatic carbocycles. The van der Waals surface area contributed by atoms with Crippen molar-refractivity contribution in [2.45, 2.75) is 25.8 Å². The number of hydrogen-bond acceptors (Lipinski definition) is 3. The first-order valence-electron chi connectivity index (χ1n) is 10.2. The Morgan fingerprint density at radius 3 is 2.72 bits per heavy atom. The molecular formula is C24H27N3O2. The predicted molar refractivity (Wildman–Crippen MR) is 115 cm³/mol. The normalized spacial score (nSPS) is 14.1. The molecule has 150 valence electrons. The van der Waals surface area contributed by atoms with Crippen LogP contribution in [0.25, 0.3) is 17.0 Å². The summed E-state index contributed by atoms with van der Waals surface area (Å²) in [6, 6.07) is 16.7. The number of carbonyl (C=O) groups is 1. The second-order valence-corrected chi connectivity index (χ2v) is 7.84. The molecule has 0 spiro atoms. The van der Waals surface area contributed by atoms with Gasteiger partial charge in [-0.3, -0.25) is 14.9 Å². The van der Waals surface area contributed by atoms with Crippen LogP contribution in [-0.4, -0.2) is 34.1 Å². The zero-order valence-electron chi connectivity index (χ0n) is 16.5. The van der Waals surface area contributed by atoms with Crippen molar-refractivity contribution in [3.8, 4) is 0 Å². The van der Waals surface area contributed by atoms with Gasteiger partial charge in [0.1, 0.15) is 0 Å². The number of para-hydroxylation sites is 1. The topological polar surface area (TPSA) is 68.4 Å².